The van der Waals surface area contributed by atoms with Gasteiger partial charge in [-0.05, 0) is 25.0 Å². The van der Waals surface area contributed by atoms with E-state index in [1.165, 1.54) is 11.1 Å². The molecule has 0 radical (unpaired) electrons. The molecule has 1 aromatic heterocycles. The molecule has 1 fully saturated rings. The first-order valence-corrected chi connectivity index (χ1v) is 11.2. The number of hydrogen-bond acceptors (Lipinski definition) is 6. The number of sulfone groups is 1. The van der Waals surface area contributed by atoms with E-state index in [0.717, 1.165) is 5.69 Å². The Morgan fingerprint density at radius 2 is 1.86 bits per heavy atom. The lowest BCUT2D eigenvalue weighted by molar-refractivity contribution is -0.133. The van der Waals surface area contributed by atoms with Crippen molar-refractivity contribution in [3.63, 3.8) is 0 Å². The summed E-state index contributed by atoms with van der Waals surface area (Å²) >= 11 is 0. The van der Waals surface area contributed by atoms with Crippen LogP contribution in [-0.2, 0) is 14.6 Å². The van der Waals surface area contributed by atoms with Gasteiger partial charge in [-0.15, -0.1) is 0 Å². The van der Waals surface area contributed by atoms with Gasteiger partial charge in [0.05, 0.1) is 29.0 Å². The Hall–Kier alpha value is -2.72. The van der Waals surface area contributed by atoms with Crippen LogP contribution in [0, 0.1) is 0 Å². The molecule has 2 heterocycles. The Kier molecular flexibility index (Phi) is 6.65. The molecule has 1 atom stereocenters. The molecule has 1 aliphatic heterocycles. The van der Waals surface area contributed by atoms with Crippen LogP contribution < -0.4 is 5.32 Å². The Balaban J connectivity index is 1.69. The molecule has 2 amide bonds. The molecule has 1 saturated heterocycles. The Morgan fingerprint density at radius 1 is 1.17 bits per heavy atom. The maximum atomic E-state index is 12.8. The number of rotatable bonds is 7. The molecular formula is C19H24N4O5S. The summed E-state index contributed by atoms with van der Waals surface area (Å²) < 4.78 is 24.7. The van der Waals surface area contributed by atoms with Gasteiger partial charge in [-0.3, -0.25) is 9.59 Å². The van der Waals surface area contributed by atoms with Crippen LogP contribution in [-0.4, -0.2) is 77.3 Å². The van der Waals surface area contributed by atoms with E-state index in [2.05, 4.69) is 10.4 Å². The van der Waals surface area contributed by atoms with Crippen molar-refractivity contribution in [2.24, 2.45) is 0 Å². The zero-order chi connectivity index (χ0) is 20.9. The zero-order valence-electron chi connectivity index (χ0n) is 15.9. The number of benzene rings is 1. The van der Waals surface area contributed by atoms with Gasteiger partial charge in [0.2, 0.25) is 5.91 Å². The van der Waals surface area contributed by atoms with Crippen molar-refractivity contribution < 1.29 is 23.1 Å². The SMILES string of the molecule is O=C(N[C@@H](CCCO)C(=O)N1CCS(=O)(=O)CC1)c1cnn(-c2ccccc2)c1. The lowest BCUT2D eigenvalue weighted by atomic mass is 10.1. The smallest absolute Gasteiger partial charge is 0.255 e. The van der Waals surface area contributed by atoms with Crippen molar-refractivity contribution in [2.75, 3.05) is 31.2 Å². The van der Waals surface area contributed by atoms with E-state index in [-0.39, 0.29) is 43.5 Å². The predicted octanol–water partition coefficient (Wildman–Crippen LogP) is 0.000200. The first kappa shape index (κ1) is 21.0. The lowest BCUT2D eigenvalue weighted by Gasteiger charge is -2.30. The summed E-state index contributed by atoms with van der Waals surface area (Å²) in [7, 11) is -3.11. The summed E-state index contributed by atoms with van der Waals surface area (Å²) in [5, 5.41) is 16.0. The van der Waals surface area contributed by atoms with Gasteiger partial charge in [-0.2, -0.15) is 5.10 Å². The fourth-order valence-corrected chi connectivity index (χ4v) is 4.31. The minimum Gasteiger partial charge on any atom is -0.396 e. The molecule has 1 aliphatic rings. The third-order valence-electron chi connectivity index (χ3n) is 4.78. The van der Waals surface area contributed by atoms with Crippen LogP contribution >= 0.6 is 0 Å². The van der Waals surface area contributed by atoms with Gasteiger partial charge in [0, 0.05) is 25.9 Å². The summed E-state index contributed by atoms with van der Waals surface area (Å²) in [4.78, 5) is 26.9. The fraction of sp³-hybridized carbons (Fsp3) is 0.421. The van der Waals surface area contributed by atoms with E-state index in [4.69, 9.17) is 5.11 Å². The van der Waals surface area contributed by atoms with E-state index in [1.54, 1.807) is 10.9 Å². The summed E-state index contributed by atoms with van der Waals surface area (Å²) in [6, 6.07) is 8.47. The molecule has 0 bridgehead atoms. The Morgan fingerprint density at radius 3 is 2.52 bits per heavy atom. The van der Waals surface area contributed by atoms with E-state index < -0.39 is 21.8 Å². The number of aliphatic hydroxyl groups excluding tert-OH is 1. The number of nitrogens with one attached hydrogen (secondary N) is 1. The number of carbonyl (C=O) groups is 2. The normalized spacial score (nSPS) is 16.9. The number of nitrogens with zero attached hydrogens (tertiary/aromatic N) is 3. The van der Waals surface area contributed by atoms with Gasteiger partial charge in [-0.1, -0.05) is 18.2 Å². The van der Waals surface area contributed by atoms with Crippen LogP contribution in [0.4, 0.5) is 0 Å². The monoisotopic (exact) mass is 420 g/mol. The van der Waals surface area contributed by atoms with Crippen molar-refractivity contribution in [3.05, 3.63) is 48.3 Å². The molecule has 9 nitrogen and oxygen atoms in total. The molecule has 0 saturated carbocycles. The number of para-hydroxylation sites is 1. The highest BCUT2D eigenvalue weighted by molar-refractivity contribution is 7.91. The van der Waals surface area contributed by atoms with Crippen molar-refractivity contribution in [2.45, 2.75) is 18.9 Å². The second-order valence-electron chi connectivity index (χ2n) is 6.88. The topological polar surface area (TPSA) is 122 Å². The van der Waals surface area contributed by atoms with E-state index in [9.17, 15) is 18.0 Å². The average molecular weight is 420 g/mol. The van der Waals surface area contributed by atoms with Crippen LogP contribution in [0.15, 0.2) is 42.7 Å². The standard InChI is InChI=1S/C19H24N4O5S/c24-10-4-7-17(19(26)22-8-11-29(27,28)12-9-22)21-18(25)15-13-20-23(14-15)16-5-2-1-3-6-16/h1-3,5-6,13-14,17,24H,4,7-12H2,(H,21,25)/t17-/m0/s1. The molecule has 0 spiro atoms. The summed E-state index contributed by atoms with van der Waals surface area (Å²) in [6.45, 7) is 0.108. The second kappa shape index (κ2) is 9.19. The molecule has 2 N–H and O–H groups in total. The third kappa shape index (κ3) is 5.42. The third-order valence-corrected chi connectivity index (χ3v) is 6.39. The summed E-state index contributed by atoms with van der Waals surface area (Å²) in [6.07, 6.45) is 3.60. The molecular weight excluding hydrogens is 396 g/mol. The van der Waals surface area contributed by atoms with Crippen molar-refractivity contribution in [1.29, 1.82) is 0 Å². The molecule has 2 aromatic rings. The van der Waals surface area contributed by atoms with E-state index in [1.807, 2.05) is 30.3 Å². The maximum absolute atomic E-state index is 12.8. The Labute approximate surface area is 169 Å². The lowest BCUT2D eigenvalue weighted by Crippen LogP contribution is -2.52. The van der Waals surface area contributed by atoms with Gasteiger partial charge >= 0.3 is 0 Å². The minimum atomic E-state index is -3.11. The van der Waals surface area contributed by atoms with Crippen LogP contribution in [0.3, 0.4) is 0 Å². The maximum Gasteiger partial charge on any atom is 0.255 e. The second-order valence-corrected chi connectivity index (χ2v) is 9.18. The average Bonchev–Trinajstić information content (AvgIpc) is 3.21. The zero-order valence-corrected chi connectivity index (χ0v) is 16.7. The quantitative estimate of drug-likeness (QED) is 0.650. The number of aliphatic hydroxyl groups is 1. The van der Waals surface area contributed by atoms with Gasteiger partial charge in [0.15, 0.2) is 9.84 Å². The number of aromatic nitrogens is 2. The fourth-order valence-electron chi connectivity index (χ4n) is 3.11. The molecule has 0 unspecified atom stereocenters. The minimum absolute atomic E-state index is 0.0801. The van der Waals surface area contributed by atoms with Gasteiger partial charge in [0.25, 0.3) is 5.91 Å². The van der Waals surface area contributed by atoms with Gasteiger partial charge in [-0.25, -0.2) is 13.1 Å². The molecule has 1 aromatic carbocycles. The first-order chi connectivity index (χ1) is 13.9. The molecule has 29 heavy (non-hydrogen) atoms. The molecule has 3 rings (SSSR count). The van der Waals surface area contributed by atoms with Crippen molar-refractivity contribution in [1.82, 2.24) is 20.0 Å². The van der Waals surface area contributed by atoms with Crippen molar-refractivity contribution in [3.8, 4) is 5.69 Å². The summed E-state index contributed by atoms with van der Waals surface area (Å²) in [5.41, 5.74) is 1.10. The van der Waals surface area contributed by atoms with Crippen molar-refractivity contribution >= 4 is 21.7 Å². The number of hydrogen-bond donors (Lipinski definition) is 2. The van der Waals surface area contributed by atoms with Crippen LogP contribution in [0.2, 0.25) is 0 Å². The van der Waals surface area contributed by atoms with Gasteiger partial charge < -0.3 is 15.3 Å². The number of amides is 2. The van der Waals surface area contributed by atoms with Gasteiger partial charge in [0.1, 0.15) is 6.04 Å². The highest BCUT2D eigenvalue weighted by atomic mass is 32.2. The van der Waals surface area contributed by atoms with Crippen LogP contribution in [0.1, 0.15) is 23.2 Å². The largest absolute Gasteiger partial charge is 0.396 e. The summed E-state index contributed by atoms with van der Waals surface area (Å²) in [5.74, 6) is -0.947. The molecule has 10 heteroatoms. The predicted molar refractivity (Wildman–Crippen MR) is 106 cm³/mol. The van der Waals surface area contributed by atoms with E-state index in [0.29, 0.717) is 12.0 Å². The molecule has 156 valence electrons. The Bertz CT molecular complexity index is 944. The number of carbonyl (C=O) groups excluding carboxylic acids is 2. The van der Waals surface area contributed by atoms with Crippen LogP contribution in [0.5, 0.6) is 0 Å². The molecule has 0 aliphatic carbocycles. The van der Waals surface area contributed by atoms with Crippen LogP contribution in [0.25, 0.3) is 5.69 Å². The first-order valence-electron chi connectivity index (χ1n) is 9.40. The highest BCUT2D eigenvalue weighted by Crippen LogP contribution is 2.11. The van der Waals surface area contributed by atoms with E-state index >= 15 is 0 Å². The highest BCUT2D eigenvalue weighted by Gasteiger charge is 2.30.